The minimum Gasteiger partial charge on any atom is -0.469 e. The van der Waals surface area contributed by atoms with Gasteiger partial charge in [-0.15, -0.1) is 0 Å². The molecule has 0 aliphatic heterocycles. The molecule has 0 radical (unpaired) electrons. The van der Waals surface area contributed by atoms with Crippen molar-refractivity contribution in [3.05, 3.63) is 51.4 Å². The van der Waals surface area contributed by atoms with E-state index in [2.05, 4.69) is 25.9 Å². The molecule has 0 N–H and O–H groups in total. The number of halogens is 4. The molecule has 0 saturated heterocycles. The van der Waals surface area contributed by atoms with Crippen molar-refractivity contribution in [2.75, 3.05) is 13.6 Å². The van der Waals surface area contributed by atoms with E-state index in [9.17, 15) is 13.2 Å². The largest absolute Gasteiger partial charge is 0.469 e. The number of rotatable bonds is 6. The van der Waals surface area contributed by atoms with E-state index in [0.717, 1.165) is 18.7 Å². The molecule has 0 saturated carbocycles. The number of hydrogen-bond donors (Lipinski definition) is 0. The van der Waals surface area contributed by atoms with Gasteiger partial charge in [0.1, 0.15) is 6.10 Å². The Kier molecular flexibility index (Phi) is 6.63. The maximum absolute atomic E-state index is 13.4. The number of aliphatic imine (C=N–C) groups is 1. The number of pyridine rings is 1. The van der Waals surface area contributed by atoms with Gasteiger partial charge in [0, 0.05) is 13.6 Å². The van der Waals surface area contributed by atoms with Crippen LogP contribution < -0.4 is 4.74 Å². The second-order valence-electron chi connectivity index (χ2n) is 5.76. The molecule has 0 spiro atoms. The quantitative estimate of drug-likeness (QED) is 0.354. The molecule has 4 nitrogen and oxygen atoms in total. The Morgan fingerprint density at radius 1 is 1.27 bits per heavy atom. The van der Waals surface area contributed by atoms with E-state index < -0.39 is 23.6 Å². The molecule has 26 heavy (non-hydrogen) atoms. The van der Waals surface area contributed by atoms with Crippen LogP contribution >= 0.6 is 15.9 Å². The lowest BCUT2D eigenvalue weighted by Crippen LogP contribution is -2.14. The Morgan fingerprint density at radius 2 is 1.88 bits per heavy atom. The average Bonchev–Trinajstić information content (AvgIpc) is 2.60. The SMILES string of the molecule is CCN(C)C=Nc1cc(Br)c(OC(C)c2cc(F)c(F)c(F)c2)nc1C. The van der Waals surface area contributed by atoms with Crippen molar-refractivity contribution < 1.29 is 17.9 Å². The molecule has 1 unspecified atom stereocenters. The van der Waals surface area contributed by atoms with E-state index >= 15 is 0 Å². The summed E-state index contributed by atoms with van der Waals surface area (Å²) in [6.07, 6.45) is 0.965. The molecule has 0 aliphatic rings. The number of benzene rings is 1. The summed E-state index contributed by atoms with van der Waals surface area (Å²) in [6, 6.07) is 3.56. The summed E-state index contributed by atoms with van der Waals surface area (Å²) in [6.45, 7) is 6.20. The molecule has 1 atom stereocenters. The van der Waals surface area contributed by atoms with E-state index in [0.29, 0.717) is 15.9 Å². The van der Waals surface area contributed by atoms with Gasteiger partial charge in [0.25, 0.3) is 0 Å². The fourth-order valence-electron chi connectivity index (χ4n) is 2.05. The lowest BCUT2D eigenvalue weighted by atomic mass is 10.1. The average molecular weight is 430 g/mol. The lowest BCUT2D eigenvalue weighted by Gasteiger charge is -2.17. The lowest BCUT2D eigenvalue weighted by molar-refractivity contribution is 0.214. The van der Waals surface area contributed by atoms with Crippen LogP contribution in [0.15, 0.2) is 27.7 Å². The number of ether oxygens (including phenoxy) is 1. The molecular formula is C18H19BrF3N3O. The minimum absolute atomic E-state index is 0.166. The molecule has 1 heterocycles. The Balaban J connectivity index is 2.24. The summed E-state index contributed by atoms with van der Waals surface area (Å²) in [4.78, 5) is 10.6. The van der Waals surface area contributed by atoms with Crippen LogP contribution in [0.1, 0.15) is 31.2 Å². The first-order valence-electron chi connectivity index (χ1n) is 7.95. The highest BCUT2D eigenvalue weighted by Crippen LogP contribution is 2.32. The van der Waals surface area contributed by atoms with Crippen LogP contribution in [0.2, 0.25) is 0 Å². The Morgan fingerprint density at radius 3 is 2.46 bits per heavy atom. The normalized spacial score (nSPS) is 12.5. The third kappa shape index (κ3) is 4.75. The summed E-state index contributed by atoms with van der Waals surface area (Å²) in [7, 11) is 1.90. The summed E-state index contributed by atoms with van der Waals surface area (Å²) in [5.74, 6) is -3.77. The highest BCUT2D eigenvalue weighted by atomic mass is 79.9. The van der Waals surface area contributed by atoms with Gasteiger partial charge in [-0.2, -0.15) is 0 Å². The summed E-state index contributed by atoms with van der Waals surface area (Å²) < 4.78 is 46.1. The van der Waals surface area contributed by atoms with Gasteiger partial charge in [0.15, 0.2) is 17.5 Å². The highest BCUT2D eigenvalue weighted by Gasteiger charge is 2.17. The summed E-state index contributed by atoms with van der Waals surface area (Å²) in [5.41, 5.74) is 1.46. The summed E-state index contributed by atoms with van der Waals surface area (Å²) in [5, 5.41) is 0. The molecule has 0 fully saturated rings. The van der Waals surface area contributed by atoms with Crippen molar-refractivity contribution in [1.82, 2.24) is 9.88 Å². The molecule has 0 aliphatic carbocycles. The van der Waals surface area contributed by atoms with Crippen molar-refractivity contribution in [2.24, 2.45) is 4.99 Å². The zero-order chi connectivity index (χ0) is 19.4. The molecule has 1 aromatic carbocycles. The fraction of sp³-hybridized carbons (Fsp3) is 0.333. The van der Waals surface area contributed by atoms with Crippen LogP contribution in [0.4, 0.5) is 18.9 Å². The number of aryl methyl sites for hydroxylation is 1. The first-order valence-corrected chi connectivity index (χ1v) is 8.74. The van der Waals surface area contributed by atoms with Gasteiger partial charge in [0.2, 0.25) is 5.88 Å². The fourth-order valence-corrected chi connectivity index (χ4v) is 2.45. The third-order valence-corrected chi connectivity index (χ3v) is 4.33. The molecule has 1 aromatic heterocycles. The van der Waals surface area contributed by atoms with Crippen LogP contribution in [-0.2, 0) is 0 Å². The van der Waals surface area contributed by atoms with Gasteiger partial charge < -0.3 is 9.64 Å². The van der Waals surface area contributed by atoms with E-state index in [1.165, 1.54) is 0 Å². The zero-order valence-electron chi connectivity index (χ0n) is 14.9. The first kappa shape index (κ1) is 20.2. The van der Waals surface area contributed by atoms with Crippen LogP contribution in [0, 0.1) is 24.4 Å². The molecule has 0 amide bonds. The maximum Gasteiger partial charge on any atom is 0.228 e. The summed E-state index contributed by atoms with van der Waals surface area (Å²) >= 11 is 3.36. The molecule has 2 aromatic rings. The van der Waals surface area contributed by atoms with Crippen molar-refractivity contribution in [3.8, 4) is 5.88 Å². The van der Waals surface area contributed by atoms with Crippen LogP contribution in [-0.4, -0.2) is 29.8 Å². The molecular weight excluding hydrogens is 411 g/mol. The molecule has 8 heteroatoms. The first-order chi connectivity index (χ1) is 12.2. The minimum atomic E-state index is -1.50. The van der Waals surface area contributed by atoms with Gasteiger partial charge >= 0.3 is 0 Å². The van der Waals surface area contributed by atoms with E-state index in [-0.39, 0.29) is 11.4 Å². The third-order valence-electron chi connectivity index (χ3n) is 3.76. The van der Waals surface area contributed by atoms with E-state index in [1.807, 2.05) is 18.9 Å². The van der Waals surface area contributed by atoms with Crippen LogP contribution in [0.3, 0.4) is 0 Å². The van der Waals surface area contributed by atoms with Crippen molar-refractivity contribution >= 4 is 28.0 Å². The molecule has 140 valence electrons. The van der Waals surface area contributed by atoms with Crippen molar-refractivity contribution in [3.63, 3.8) is 0 Å². The Bertz CT molecular complexity index is 807. The smallest absolute Gasteiger partial charge is 0.228 e. The van der Waals surface area contributed by atoms with Crippen LogP contribution in [0.25, 0.3) is 0 Å². The maximum atomic E-state index is 13.4. The Hall–Kier alpha value is -2.09. The highest BCUT2D eigenvalue weighted by molar-refractivity contribution is 9.10. The van der Waals surface area contributed by atoms with Gasteiger partial charge in [-0.3, -0.25) is 0 Å². The van der Waals surface area contributed by atoms with Gasteiger partial charge in [0.05, 0.1) is 22.2 Å². The second kappa shape index (κ2) is 8.53. The molecule has 0 bridgehead atoms. The standard InChI is InChI=1S/C18H19BrF3N3O/c1-5-25(4)9-23-16-8-13(19)18(24-10(16)2)26-11(3)12-6-14(20)17(22)15(21)7-12/h6-9,11H,5H2,1-4H3. The second-order valence-corrected chi connectivity index (χ2v) is 6.61. The zero-order valence-corrected chi connectivity index (χ0v) is 16.4. The van der Waals surface area contributed by atoms with Crippen LogP contribution in [0.5, 0.6) is 5.88 Å². The van der Waals surface area contributed by atoms with E-state index in [1.54, 1.807) is 26.3 Å². The predicted octanol–water partition coefficient (Wildman–Crippen LogP) is 5.32. The van der Waals surface area contributed by atoms with Gasteiger partial charge in [-0.25, -0.2) is 23.1 Å². The topological polar surface area (TPSA) is 37.7 Å². The van der Waals surface area contributed by atoms with Crippen molar-refractivity contribution in [1.29, 1.82) is 0 Å². The molecule has 2 rings (SSSR count). The Labute approximate surface area is 158 Å². The predicted molar refractivity (Wildman–Crippen MR) is 98.5 cm³/mol. The van der Waals surface area contributed by atoms with Crippen molar-refractivity contribution in [2.45, 2.75) is 26.9 Å². The number of aromatic nitrogens is 1. The van der Waals surface area contributed by atoms with E-state index in [4.69, 9.17) is 4.74 Å². The van der Waals surface area contributed by atoms with Gasteiger partial charge in [-0.1, -0.05) is 0 Å². The number of nitrogens with zero attached hydrogens (tertiary/aromatic N) is 3. The monoisotopic (exact) mass is 429 g/mol. The number of hydrogen-bond acceptors (Lipinski definition) is 3. The van der Waals surface area contributed by atoms with Gasteiger partial charge in [-0.05, 0) is 60.5 Å².